The van der Waals surface area contributed by atoms with Gasteiger partial charge in [-0.1, -0.05) is 53.5 Å². The monoisotopic (exact) mass is 560 g/mol. The van der Waals surface area contributed by atoms with Crippen molar-refractivity contribution in [1.29, 1.82) is 0 Å². The highest BCUT2D eigenvalue weighted by Gasteiger charge is 2.32. The number of hydrogen-bond acceptors (Lipinski definition) is 7. The van der Waals surface area contributed by atoms with Crippen LogP contribution < -0.4 is 10.1 Å². The fourth-order valence-electron chi connectivity index (χ4n) is 4.34. The maximum atomic E-state index is 13.4. The Balaban J connectivity index is 1.71. The topological polar surface area (TPSA) is 123 Å². The van der Waals surface area contributed by atoms with Crippen LogP contribution in [0, 0.1) is 0 Å². The Bertz CT molecular complexity index is 1590. The highest BCUT2D eigenvalue weighted by atomic mass is 35.5. The summed E-state index contributed by atoms with van der Waals surface area (Å²) in [6.45, 7) is -0.395. The summed E-state index contributed by atoms with van der Waals surface area (Å²) in [5, 5.41) is 17.7. The summed E-state index contributed by atoms with van der Waals surface area (Å²) in [4.78, 5) is 17.9. The molecule has 3 heterocycles. The van der Waals surface area contributed by atoms with E-state index in [1.165, 1.54) is 4.52 Å². The summed E-state index contributed by atoms with van der Waals surface area (Å²) in [6.07, 6.45) is 1.93. The molecule has 0 bridgehead atoms. The molecule has 192 valence electrons. The van der Waals surface area contributed by atoms with Crippen LogP contribution in [0.15, 0.2) is 54.7 Å². The van der Waals surface area contributed by atoms with E-state index in [-0.39, 0.29) is 41.8 Å². The van der Waals surface area contributed by atoms with Gasteiger partial charge in [-0.15, -0.1) is 5.10 Å². The van der Waals surface area contributed by atoms with Crippen LogP contribution in [0.25, 0.3) is 28.0 Å². The number of sulfone groups is 1. The number of carbonyl (C=O) groups excluding carboxylic acids is 1. The fourth-order valence-corrected chi connectivity index (χ4v) is 6.37. The van der Waals surface area contributed by atoms with Gasteiger partial charge in [0, 0.05) is 39.0 Å². The van der Waals surface area contributed by atoms with Crippen molar-refractivity contribution in [3.05, 3.63) is 70.3 Å². The molecule has 1 fully saturated rings. The number of fused-ring (bicyclic) bond motifs is 1. The summed E-state index contributed by atoms with van der Waals surface area (Å²) >= 11 is 12.7. The number of nitrogens with zero attached hydrogens (tertiary/aromatic N) is 3. The van der Waals surface area contributed by atoms with Gasteiger partial charge >= 0.3 is 0 Å². The SMILES string of the molecule is O=C(N[C@@H]1CCS(=O)(=O)C1)c1c(OCCO)nn2c(-c3ccc(Cl)cc3)c(-c3ccccc3Cl)cnc12. The third-order valence-electron chi connectivity index (χ3n) is 6.02. The third-order valence-corrected chi connectivity index (χ3v) is 8.37. The van der Waals surface area contributed by atoms with E-state index in [2.05, 4.69) is 15.4 Å². The van der Waals surface area contributed by atoms with E-state index < -0.39 is 21.8 Å². The Labute approximate surface area is 222 Å². The van der Waals surface area contributed by atoms with Crippen molar-refractivity contribution < 1.29 is 23.1 Å². The lowest BCUT2D eigenvalue weighted by molar-refractivity contribution is 0.0936. The maximum absolute atomic E-state index is 13.4. The van der Waals surface area contributed by atoms with Gasteiger partial charge in [0.15, 0.2) is 15.5 Å². The Morgan fingerprint density at radius 3 is 2.57 bits per heavy atom. The van der Waals surface area contributed by atoms with E-state index in [4.69, 9.17) is 27.9 Å². The first-order chi connectivity index (χ1) is 17.8. The summed E-state index contributed by atoms with van der Waals surface area (Å²) in [7, 11) is -3.20. The van der Waals surface area contributed by atoms with Crippen LogP contribution in [-0.2, 0) is 9.84 Å². The predicted molar refractivity (Wildman–Crippen MR) is 141 cm³/mol. The Kier molecular flexibility index (Phi) is 7.09. The van der Waals surface area contributed by atoms with Crippen LogP contribution >= 0.6 is 23.2 Å². The summed E-state index contributed by atoms with van der Waals surface area (Å²) in [5.74, 6) is -0.720. The van der Waals surface area contributed by atoms with Crippen molar-refractivity contribution in [3.63, 3.8) is 0 Å². The molecule has 1 atom stereocenters. The second kappa shape index (κ2) is 10.3. The number of benzene rings is 2. The van der Waals surface area contributed by atoms with Gasteiger partial charge in [-0.2, -0.15) is 0 Å². The van der Waals surface area contributed by atoms with Gasteiger partial charge in [-0.3, -0.25) is 4.79 Å². The molecule has 0 saturated carbocycles. The first-order valence-corrected chi connectivity index (χ1v) is 14.0. The lowest BCUT2D eigenvalue weighted by Crippen LogP contribution is -2.35. The maximum Gasteiger partial charge on any atom is 0.260 e. The number of ether oxygens (including phenoxy) is 1. The summed E-state index contributed by atoms with van der Waals surface area (Å²) < 4.78 is 30.9. The molecule has 12 heteroatoms. The lowest BCUT2D eigenvalue weighted by Gasteiger charge is -2.14. The van der Waals surface area contributed by atoms with E-state index in [0.717, 1.165) is 5.56 Å². The number of rotatable bonds is 7. The zero-order valence-corrected chi connectivity index (χ0v) is 21.7. The van der Waals surface area contributed by atoms with Gasteiger partial charge in [0.25, 0.3) is 5.91 Å². The van der Waals surface area contributed by atoms with E-state index in [1.807, 2.05) is 30.3 Å². The molecule has 1 aliphatic rings. The van der Waals surface area contributed by atoms with E-state index in [0.29, 0.717) is 33.3 Å². The molecule has 0 spiro atoms. The molecule has 37 heavy (non-hydrogen) atoms. The molecule has 2 aromatic carbocycles. The molecule has 1 amide bonds. The van der Waals surface area contributed by atoms with E-state index in [1.54, 1.807) is 24.4 Å². The lowest BCUT2D eigenvalue weighted by atomic mass is 10.0. The molecule has 1 aliphatic heterocycles. The number of amides is 1. The van der Waals surface area contributed by atoms with Crippen molar-refractivity contribution in [1.82, 2.24) is 19.9 Å². The molecular weight excluding hydrogens is 539 g/mol. The normalized spacial score (nSPS) is 16.7. The molecule has 4 aromatic rings. The molecule has 2 aromatic heterocycles. The molecular formula is C25H22Cl2N4O5S. The highest BCUT2D eigenvalue weighted by molar-refractivity contribution is 7.91. The number of carbonyl (C=O) groups is 1. The number of halogens is 2. The second-order valence-corrected chi connectivity index (χ2v) is 11.6. The predicted octanol–water partition coefficient (Wildman–Crippen LogP) is 3.66. The molecule has 0 unspecified atom stereocenters. The standard InChI is InChI=1S/C25H22Cl2N4O5S/c26-16-7-5-15(6-8-16)22-19(18-3-1-2-4-20(18)27)13-28-23-21(25(30-31(22)23)36-11-10-32)24(33)29-17-9-12-37(34,35)14-17/h1-8,13,17,32H,9-12,14H2,(H,29,33)/t17-/m1/s1. The van der Waals surface area contributed by atoms with Gasteiger partial charge in [-0.05, 0) is 24.6 Å². The van der Waals surface area contributed by atoms with Crippen molar-refractivity contribution in [3.8, 4) is 28.3 Å². The minimum absolute atomic E-state index is 0.0146. The minimum atomic E-state index is -3.20. The average molecular weight is 561 g/mol. The smallest absolute Gasteiger partial charge is 0.260 e. The van der Waals surface area contributed by atoms with Crippen molar-refractivity contribution in [2.45, 2.75) is 12.5 Å². The Morgan fingerprint density at radius 2 is 1.89 bits per heavy atom. The largest absolute Gasteiger partial charge is 0.474 e. The fraction of sp³-hybridized carbons (Fsp3) is 0.240. The van der Waals surface area contributed by atoms with Crippen LogP contribution in [0.1, 0.15) is 16.8 Å². The van der Waals surface area contributed by atoms with Crippen LogP contribution in [0.5, 0.6) is 5.88 Å². The molecule has 1 saturated heterocycles. The number of hydrogen-bond donors (Lipinski definition) is 2. The van der Waals surface area contributed by atoms with Crippen LogP contribution in [0.4, 0.5) is 0 Å². The average Bonchev–Trinajstić information content (AvgIpc) is 3.41. The Hall–Kier alpha value is -3.18. The number of aliphatic hydroxyl groups is 1. The summed E-state index contributed by atoms with van der Waals surface area (Å²) in [5.41, 5.74) is 2.93. The van der Waals surface area contributed by atoms with Gasteiger partial charge in [0.2, 0.25) is 5.88 Å². The van der Waals surface area contributed by atoms with E-state index >= 15 is 0 Å². The second-order valence-electron chi connectivity index (χ2n) is 8.57. The molecule has 2 N–H and O–H groups in total. The van der Waals surface area contributed by atoms with Crippen LogP contribution in [-0.4, -0.2) is 64.8 Å². The van der Waals surface area contributed by atoms with Gasteiger partial charge in [0.05, 0.1) is 23.8 Å². The molecule has 0 aliphatic carbocycles. The van der Waals surface area contributed by atoms with Crippen molar-refractivity contribution in [2.75, 3.05) is 24.7 Å². The minimum Gasteiger partial charge on any atom is -0.474 e. The molecule has 5 rings (SSSR count). The number of aromatic nitrogens is 3. The zero-order chi connectivity index (χ0) is 26.2. The van der Waals surface area contributed by atoms with Gasteiger partial charge < -0.3 is 15.2 Å². The van der Waals surface area contributed by atoms with Gasteiger partial charge in [-0.25, -0.2) is 17.9 Å². The highest BCUT2D eigenvalue weighted by Crippen LogP contribution is 2.37. The van der Waals surface area contributed by atoms with Crippen LogP contribution in [0.3, 0.4) is 0 Å². The molecule has 0 radical (unpaired) electrons. The number of nitrogens with one attached hydrogen (secondary N) is 1. The van der Waals surface area contributed by atoms with E-state index in [9.17, 15) is 18.3 Å². The van der Waals surface area contributed by atoms with Crippen molar-refractivity contribution in [2.24, 2.45) is 0 Å². The zero-order valence-electron chi connectivity index (χ0n) is 19.4. The first-order valence-electron chi connectivity index (χ1n) is 11.4. The van der Waals surface area contributed by atoms with Crippen LogP contribution in [0.2, 0.25) is 10.0 Å². The number of aliphatic hydroxyl groups excluding tert-OH is 1. The third kappa shape index (κ3) is 5.15. The summed E-state index contributed by atoms with van der Waals surface area (Å²) in [6, 6.07) is 13.9. The quantitative estimate of drug-likeness (QED) is 0.353. The van der Waals surface area contributed by atoms with Crippen molar-refractivity contribution >= 4 is 44.6 Å². The first kappa shape index (κ1) is 25.5. The molecule has 9 nitrogen and oxygen atoms in total. The Morgan fingerprint density at radius 1 is 1.14 bits per heavy atom. The van der Waals surface area contributed by atoms with Gasteiger partial charge in [0.1, 0.15) is 12.2 Å².